The van der Waals surface area contributed by atoms with Gasteiger partial charge in [-0.05, 0) is 42.0 Å². The number of fused-ring (bicyclic) bond motifs is 3. The molecule has 222 valence electrons. The Labute approximate surface area is 249 Å². The summed E-state index contributed by atoms with van der Waals surface area (Å²) in [6, 6.07) is 13.5. The van der Waals surface area contributed by atoms with Crippen molar-refractivity contribution < 1.29 is 26.8 Å². The van der Waals surface area contributed by atoms with E-state index in [2.05, 4.69) is 4.98 Å². The molecular weight excluding hydrogens is 590 g/mol. The zero-order valence-corrected chi connectivity index (χ0v) is 24.3. The molecule has 5 aromatic rings. The molecule has 4 heterocycles. The lowest BCUT2D eigenvalue weighted by Crippen LogP contribution is -2.39. The summed E-state index contributed by atoms with van der Waals surface area (Å²) in [4.78, 5) is 46.0. The number of nitrogens with one attached hydrogen (secondary N) is 1. The standard InChI is InChI=1S/C32H24F2N4O5S/c1-36-14-23-21-11-17(16-44(2,42)43)7-9-25(21)38(26-10-8-18(33)12-24(26)34)27(22-13-35-29(28(22)23)32(36)41)15-37-30(39)19-5-3-4-6-20(19)31(37)40/h3-14,27,35H,15-16H2,1-2H3. The van der Waals surface area contributed by atoms with E-state index >= 15 is 4.39 Å². The number of benzene rings is 3. The Morgan fingerprint density at radius 3 is 2.20 bits per heavy atom. The molecule has 0 radical (unpaired) electrons. The number of nitrogens with zero attached hydrogens (tertiary/aromatic N) is 3. The first-order valence-corrected chi connectivity index (χ1v) is 15.7. The summed E-state index contributed by atoms with van der Waals surface area (Å²) in [5.74, 6) is -2.99. The minimum absolute atomic E-state index is 0.0426. The van der Waals surface area contributed by atoms with Crippen LogP contribution >= 0.6 is 0 Å². The Morgan fingerprint density at radius 1 is 0.864 bits per heavy atom. The van der Waals surface area contributed by atoms with Gasteiger partial charge in [-0.1, -0.05) is 18.2 Å². The zero-order valence-electron chi connectivity index (χ0n) is 23.5. The number of carbonyl (C=O) groups is 2. The molecule has 0 saturated carbocycles. The van der Waals surface area contributed by atoms with Crippen LogP contribution in [0.25, 0.3) is 22.0 Å². The maximum atomic E-state index is 15.7. The van der Waals surface area contributed by atoms with E-state index in [0.717, 1.165) is 23.3 Å². The molecule has 3 aromatic carbocycles. The average molecular weight is 615 g/mol. The zero-order chi connectivity index (χ0) is 31.1. The molecule has 44 heavy (non-hydrogen) atoms. The number of carbonyl (C=O) groups excluding carboxylic acids is 2. The van der Waals surface area contributed by atoms with Crippen LogP contribution in [0.1, 0.15) is 37.9 Å². The number of aryl methyl sites for hydroxylation is 1. The van der Waals surface area contributed by atoms with Crippen molar-refractivity contribution in [2.24, 2.45) is 7.05 Å². The van der Waals surface area contributed by atoms with E-state index in [1.807, 2.05) is 0 Å². The largest absolute Gasteiger partial charge is 0.356 e. The molecule has 1 atom stereocenters. The van der Waals surface area contributed by atoms with Gasteiger partial charge in [0.05, 0.1) is 35.2 Å². The second kappa shape index (κ2) is 9.71. The molecule has 9 nitrogen and oxygen atoms in total. The normalized spacial score (nSPS) is 16.0. The van der Waals surface area contributed by atoms with E-state index in [9.17, 15) is 27.2 Å². The van der Waals surface area contributed by atoms with Gasteiger partial charge >= 0.3 is 0 Å². The van der Waals surface area contributed by atoms with Crippen molar-refractivity contribution in [3.63, 3.8) is 0 Å². The van der Waals surface area contributed by atoms with E-state index < -0.39 is 39.3 Å². The van der Waals surface area contributed by atoms with Crippen molar-refractivity contribution in [2.75, 3.05) is 17.7 Å². The van der Waals surface area contributed by atoms with Crippen LogP contribution in [-0.4, -0.2) is 47.5 Å². The van der Waals surface area contributed by atoms with Crippen molar-refractivity contribution in [1.82, 2.24) is 14.5 Å². The maximum absolute atomic E-state index is 15.7. The third-order valence-corrected chi connectivity index (χ3v) is 9.01. The molecule has 0 bridgehead atoms. The van der Waals surface area contributed by atoms with Crippen LogP contribution in [0.5, 0.6) is 0 Å². The van der Waals surface area contributed by atoms with Crippen molar-refractivity contribution in [2.45, 2.75) is 11.8 Å². The fraction of sp³-hybridized carbons (Fsp3) is 0.156. The quantitative estimate of drug-likeness (QED) is 0.284. The number of anilines is 2. The van der Waals surface area contributed by atoms with Gasteiger partial charge in [0.2, 0.25) is 0 Å². The Bertz CT molecular complexity index is 2210. The summed E-state index contributed by atoms with van der Waals surface area (Å²) < 4.78 is 55.7. The van der Waals surface area contributed by atoms with Crippen molar-refractivity contribution >= 4 is 43.9 Å². The number of pyridine rings is 1. The topological polar surface area (TPSA) is 113 Å². The van der Waals surface area contributed by atoms with E-state index in [-0.39, 0.29) is 40.2 Å². The maximum Gasteiger partial charge on any atom is 0.274 e. The van der Waals surface area contributed by atoms with Gasteiger partial charge in [-0.3, -0.25) is 19.3 Å². The van der Waals surface area contributed by atoms with E-state index in [4.69, 9.17) is 0 Å². The molecule has 0 spiro atoms. The minimum Gasteiger partial charge on any atom is -0.356 e. The molecule has 2 aliphatic heterocycles. The van der Waals surface area contributed by atoms with Crippen molar-refractivity contribution in [3.05, 3.63) is 117 Å². The lowest BCUT2D eigenvalue weighted by molar-refractivity contribution is 0.0645. The second-order valence-electron chi connectivity index (χ2n) is 11.1. The van der Waals surface area contributed by atoms with Gasteiger partial charge in [-0.2, -0.15) is 0 Å². The highest BCUT2D eigenvalue weighted by atomic mass is 32.2. The van der Waals surface area contributed by atoms with E-state index in [1.165, 1.54) is 10.6 Å². The molecule has 12 heteroatoms. The molecule has 1 unspecified atom stereocenters. The van der Waals surface area contributed by atoms with E-state index in [0.29, 0.717) is 33.3 Å². The number of amides is 2. The monoisotopic (exact) mass is 614 g/mol. The van der Waals surface area contributed by atoms with Crippen LogP contribution in [0.4, 0.5) is 20.2 Å². The lowest BCUT2D eigenvalue weighted by atomic mass is 9.98. The molecular formula is C32H24F2N4O5S. The summed E-state index contributed by atoms with van der Waals surface area (Å²) in [6.45, 7) is -0.241. The first-order valence-electron chi connectivity index (χ1n) is 13.6. The van der Waals surface area contributed by atoms with Crippen molar-refractivity contribution in [1.29, 1.82) is 0 Å². The number of aromatic nitrogens is 2. The van der Waals surface area contributed by atoms with Gasteiger partial charge in [0.25, 0.3) is 17.4 Å². The first kappa shape index (κ1) is 27.7. The lowest BCUT2D eigenvalue weighted by Gasteiger charge is -2.35. The SMILES string of the molecule is Cn1cc2c3c(c[nH]c3c1=O)C(CN1C(=O)c3ccccc3C1=O)N(c1ccc(F)cc1F)c1ccc(CS(C)(=O)=O)cc1-2. The van der Waals surface area contributed by atoms with Gasteiger partial charge in [0, 0.05) is 59.5 Å². The fourth-order valence-electron chi connectivity index (χ4n) is 6.30. The molecule has 0 aliphatic carbocycles. The summed E-state index contributed by atoms with van der Waals surface area (Å²) in [5, 5.41) is 0.484. The van der Waals surface area contributed by atoms with E-state index in [1.54, 1.807) is 66.8 Å². The Morgan fingerprint density at radius 2 is 1.55 bits per heavy atom. The number of aromatic amines is 1. The number of H-pyrrole nitrogens is 1. The Hall–Kier alpha value is -5.10. The number of hydrogen-bond acceptors (Lipinski definition) is 6. The first-order chi connectivity index (χ1) is 20.9. The smallest absolute Gasteiger partial charge is 0.274 e. The number of rotatable bonds is 5. The second-order valence-corrected chi connectivity index (χ2v) is 13.3. The molecule has 7 rings (SSSR count). The summed E-state index contributed by atoms with van der Waals surface area (Å²) in [6.07, 6.45) is 4.33. The van der Waals surface area contributed by atoms with Crippen LogP contribution in [0, 0.1) is 11.6 Å². The van der Waals surface area contributed by atoms with Gasteiger partial charge in [-0.25, -0.2) is 17.2 Å². The number of sulfone groups is 1. The minimum atomic E-state index is -3.43. The Balaban J connectivity index is 1.53. The fourth-order valence-corrected chi connectivity index (χ4v) is 7.08. The van der Waals surface area contributed by atoms with Gasteiger partial charge < -0.3 is 14.5 Å². The van der Waals surface area contributed by atoms with Gasteiger partial charge in [0.15, 0.2) is 9.84 Å². The highest BCUT2D eigenvalue weighted by Crippen LogP contribution is 2.49. The van der Waals surface area contributed by atoms with Crippen LogP contribution in [0.3, 0.4) is 0 Å². The van der Waals surface area contributed by atoms with Crippen LogP contribution in [0.2, 0.25) is 0 Å². The van der Waals surface area contributed by atoms with Gasteiger partial charge in [0.1, 0.15) is 17.2 Å². The number of imide groups is 1. The third-order valence-electron chi connectivity index (χ3n) is 8.15. The van der Waals surface area contributed by atoms with Crippen molar-refractivity contribution in [3.8, 4) is 11.1 Å². The highest BCUT2D eigenvalue weighted by Gasteiger charge is 2.41. The molecule has 1 N–H and O–H groups in total. The molecule has 2 amide bonds. The Kier molecular flexibility index (Phi) is 6.12. The molecule has 2 aliphatic rings. The summed E-state index contributed by atoms with van der Waals surface area (Å²) in [5.41, 5.74) is 2.75. The van der Waals surface area contributed by atoms with Crippen LogP contribution in [0.15, 0.2) is 77.9 Å². The molecule has 0 saturated heterocycles. The summed E-state index contributed by atoms with van der Waals surface area (Å²) >= 11 is 0. The van der Waals surface area contributed by atoms with Crippen LogP contribution < -0.4 is 10.5 Å². The highest BCUT2D eigenvalue weighted by molar-refractivity contribution is 7.89. The predicted octanol–water partition coefficient (Wildman–Crippen LogP) is 4.85. The summed E-state index contributed by atoms with van der Waals surface area (Å²) in [7, 11) is -1.85. The third kappa shape index (κ3) is 4.24. The number of hydrogen-bond donors (Lipinski definition) is 1. The van der Waals surface area contributed by atoms with Gasteiger partial charge in [-0.15, -0.1) is 0 Å². The molecule has 0 fully saturated rings. The van der Waals surface area contributed by atoms with Crippen LogP contribution in [-0.2, 0) is 22.6 Å². The predicted molar refractivity (Wildman–Crippen MR) is 161 cm³/mol. The number of halogens is 2. The average Bonchev–Trinajstić information content (AvgIpc) is 3.48. The molecule has 2 aromatic heterocycles.